The molecule has 0 bridgehead atoms. The summed E-state index contributed by atoms with van der Waals surface area (Å²) in [5.41, 5.74) is 3.34. The van der Waals surface area contributed by atoms with E-state index in [1.807, 2.05) is 19.2 Å². The molecule has 126 valence electrons. The highest BCUT2D eigenvalue weighted by Gasteiger charge is 2.43. The van der Waals surface area contributed by atoms with E-state index in [2.05, 4.69) is 45.7 Å². The van der Waals surface area contributed by atoms with Crippen molar-refractivity contribution >= 4 is 34.1 Å². The molecule has 0 radical (unpaired) electrons. The first-order valence-corrected chi connectivity index (χ1v) is 8.15. The van der Waals surface area contributed by atoms with E-state index in [1.54, 1.807) is 6.21 Å². The highest BCUT2D eigenvalue weighted by molar-refractivity contribution is 7.15. The summed E-state index contributed by atoms with van der Waals surface area (Å²) in [4.78, 5) is 4.04. The second-order valence-electron chi connectivity index (χ2n) is 6.05. The fourth-order valence-corrected chi connectivity index (χ4v) is 3.58. The van der Waals surface area contributed by atoms with Gasteiger partial charge in [-0.15, -0.1) is 10.2 Å². The van der Waals surface area contributed by atoms with Crippen molar-refractivity contribution in [1.82, 2.24) is 10.2 Å². The van der Waals surface area contributed by atoms with Gasteiger partial charge in [-0.2, -0.15) is 13.2 Å². The summed E-state index contributed by atoms with van der Waals surface area (Å²) < 4.78 is 39.7. The number of hydrogen-bond acceptors (Lipinski definition) is 4. The van der Waals surface area contributed by atoms with Crippen molar-refractivity contribution in [3.8, 4) is 0 Å². The van der Waals surface area contributed by atoms with Gasteiger partial charge in [0.15, 0.2) is 5.71 Å². The van der Waals surface area contributed by atoms with Crippen LogP contribution in [0.4, 0.5) is 24.0 Å². The van der Waals surface area contributed by atoms with Crippen LogP contribution in [-0.4, -0.2) is 33.7 Å². The minimum Gasteiger partial charge on any atom is -0.230 e. The zero-order chi connectivity index (χ0) is 17.5. The minimum absolute atomic E-state index is 0.0129. The third-order valence-corrected chi connectivity index (χ3v) is 5.08. The number of nitrogens with zero attached hydrogens (tertiary/aromatic N) is 4. The lowest BCUT2D eigenvalue weighted by Gasteiger charge is -2.16. The molecular weight excluding hydrogens is 337 g/mol. The molecule has 0 fully saturated rings. The molecule has 0 saturated carbocycles. The normalized spacial score (nSPS) is 16.9. The van der Waals surface area contributed by atoms with Gasteiger partial charge < -0.3 is 0 Å². The van der Waals surface area contributed by atoms with Crippen molar-refractivity contribution < 1.29 is 17.7 Å². The molecule has 1 aromatic carbocycles. The van der Waals surface area contributed by atoms with E-state index in [9.17, 15) is 13.2 Å². The van der Waals surface area contributed by atoms with E-state index in [1.165, 1.54) is 5.56 Å². The van der Waals surface area contributed by atoms with Crippen LogP contribution in [0.1, 0.15) is 30.8 Å². The maximum absolute atomic E-state index is 12.5. The quantitative estimate of drug-likeness (QED) is 0.608. The Labute approximate surface area is 141 Å². The van der Waals surface area contributed by atoms with Crippen LogP contribution in [0, 0.1) is 0 Å². The van der Waals surface area contributed by atoms with Gasteiger partial charge in [0.05, 0.1) is 11.8 Å². The Morgan fingerprint density at radius 3 is 2.58 bits per heavy atom. The number of aromatic nitrogens is 2. The summed E-state index contributed by atoms with van der Waals surface area (Å²) in [5.74, 6) is 0. The van der Waals surface area contributed by atoms with Gasteiger partial charge >= 0.3 is 6.18 Å². The molecule has 0 unspecified atom stereocenters. The number of rotatable bonds is 3. The van der Waals surface area contributed by atoms with Crippen molar-refractivity contribution in [2.45, 2.75) is 31.9 Å². The lowest BCUT2D eigenvalue weighted by Crippen LogP contribution is -2.28. The van der Waals surface area contributed by atoms with E-state index < -0.39 is 11.2 Å². The Morgan fingerprint density at radius 2 is 1.96 bits per heavy atom. The summed E-state index contributed by atoms with van der Waals surface area (Å²) in [5, 5.41) is 5.63. The fourth-order valence-electron chi connectivity index (χ4n) is 3.00. The molecule has 2 heterocycles. The number of fused-ring (bicyclic) bond motifs is 1. The van der Waals surface area contributed by atoms with Gasteiger partial charge in [-0.3, -0.25) is 0 Å². The summed E-state index contributed by atoms with van der Waals surface area (Å²) in [6, 6.07) is 8.14. The molecule has 0 aliphatic carbocycles. The molecule has 8 heteroatoms. The Morgan fingerprint density at radius 1 is 1.25 bits per heavy atom. The molecule has 0 saturated heterocycles. The highest BCUT2D eigenvalue weighted by Crippen LogP contribution is 2.39. The van der Waals surface area contributed by atoms with Crippen LogP contribution in [-0.2, 0) is 11.6 Å². The van der Waals surface area contributed by atoms with Crippen LogP contribution in [0.15, 0.2) is 29.3 Å². The Hall–Kier alpha value is -2.09. The number of alkyl halides is 3. The largest absolute Gasteiger partial charge is 0.445 e. The number of aliphatic imine (C=N–C) groups is 1. The van der Waals surface area contributed by atoms with Gasteiger partial charge in [0.2, 0.25) is 15.8 Å². The monoisotopic (exact) mass is 353 g/mol. The number of para-hydroxylation sites is 1. The Kier molecular flexibility index (Phi) is 4.03. The molecule has 1 aliphatic rings. The summed E-state index contributed by atoms with van der Waals surface area (Å²) in [7, 11) is 1.99. The van der Waals surface area contributed by atoms with E-state index >= 15 is 0 Å². The topological polar surface area (TPSA) is 41.1 Å². The molecule has 4 nitrogen and oxygen atoms in total. The summed E-state index contributed by atoms with van der Waals surface area (Å²) in [6.07, 6.45) is -2.35. The third-order valence-electron chi connectivity index (χ3n) is 4.21. The lowest BCUT2D eigenvalue weighted by atomic mass is 9.80. The molecule has 0 N–H and O–H groups in total. The molecule has 1 aliphatic heterocycles. The van der Waals surface area contributed by atoms with Crippen LogP contribution in [0.5, 0.6) is 0 Å². The molecule has 0 amide bonds. The molecule has 2 aromatic rings. The second kappa shape index (κ2) is 5.77. The summed E-state index contributed by atoms with van der Waals surface area (Å²) >= 11 is 0.442. The lowest BCUT2D eigenvalue weighted by molar-refractivity contribution is -0.403. The van der Waals surface area contributed by atoms with Crippen LogP contribution in [0.3, 0.4) is 0 Å². The minimum atomic E-state index is -4.48. The van der Waals surface area contributed by atoms with E-state index in [-0.39, 0.29) is 10.5 Å². The standard InChI is InChI=1S/C16H16F3N4S/c1-15(2)10-6-4-5-7-11(10)23(3)12(15)8-9-20-14-22-21-13(24-14)16(17,18)19/h4-7,9H,8H2,1-3H3/q+1. The number of halogens is 3. The van der Waals surface area contributed by atoms with E-state index in [0.717, 1.165) is 11.4 Å². The second-order valence-corrected chi connectivity index (χ2v) is 7.01. The van der Waals surface area contributed by atoms with Crippen LogP contribution in [0.25, 0.3) is 0 Å². The first-order valence-electron chi connectivity index (χ1n) is 7.34. The predicted molar refractivity (Wildman–Crippen MR) is 88.0 cm³/mol. The van der Waals surface area contributed by atoms with Gasteiger partial charge in [0.1, 0.15) is 7.05 Å². The zero-order valence-corrected chi connectivity index (χ0v) is 14.2. The van der Waals surface area contributed by atoms with Crippen molar-refractivity contribution in [3.63, 3.8) is 0 Å². The van der Waals surface area contributed by atoms with E-state index in [4.69, 9.17) is 0 Å². The average Bonchev–Trinajstić information content (AvgIpc) is 3.05. The molecule has 3 rings (SSSR count). The smallest absolute Gasteiger partial charge is 0.230 e. The maximum Gasteiger partial charge on any atom is 0.445 e. The Balaban J connectivity index is 1.80. The first-order chi connectivity index (χ1) is 11.2. The van der Waals surface area contributed by atoms with Crippen molar-refractivity contribution in [1.29, 1.82) is 0 Å². The third kappa shape index (κ3) is 2.86. The predicted octanol–water partition coefficient (Wildman–Crippen LogP) is 4.36. The highest BCUT2D eigenvalue weighted by atomic mass is 32.1. The van der Waals surface area contributed by atoms with Crippen LogP contribution in [0.2, 0.25) is 0 Å². The molecule has 0 spiro atoms. The van der Waals surface area contributed by atoms with Gasteiger partial charge in [0.25, 0.3) is 0 Å². The number of hydrogen-bond donors (Lipinski definition) is 0. The van der Waals surface area contributed by atoms with Crippen LogP contribution < -0.4 is 0 Å². The van der Waals surface area contributed by atoms with Gasteiger partial charge in [0, 0.05) is 17.8 Å². The maximum atomic E-state index is 12.5. The number of benzene rings is 1. The van der Waals surface area contributed by atoms with Crippen molar-refractivity contribution in [3.05, 3.63) is 34.8 Å². The molecule has 1 aromatic heterocycles. The molecule has 24 heavy (non-hydrogen) atoms. The van der Waals surface area contributed by atoms with Crippen molar-refractivity contribution in [2.75, 3.05) is 7.05 Å². The van der Waals surface area contributed by atoms with E-state index in [0.29, 0.717) is 17.8 Å². The molecular formula is C16H16F3N4S+. The first kappa shape index (κ1) is 16.8. The fraction of sp³-hybridized carbons (Fsp3) is 0.375. The average molecular weight is 353 g/mol. The van der Waals surface area contributed by atoms with Crippen LogP contribution >= 0.6 is 11.3 Å². The zero-order valence-electron chi connectivity index (χ0n) is 13.4. The van der Waals surface area contributed by atoms with Gasteiger partial charge in [-0.05, 0) is 13.8 Å². The molecule has 0 atom stereocenters. The SMILES string of the molecule is C[N+]1=C(CC=Nc2nnc(C(F)(F)F)s2)C(C)(C)c2ccccc21. The Bertz CT molecular complexity index is 834. The summed E-state index contributed by atoms with van der Waals surface area (Å²) in [6.45, 7) is 4.26. The van der Waals surface area contributed by atoms with Gasteiger partial charge in [-0.25, -0.2) is 9.57 Å². The van der Waals surface area contributed by atoms with Gasteiger partial charge in [-0.1, -0.05) is 29.5 Å². The van der Waals surface area contributed by atoms with Crippen molar-refractivity contribution in [2.24, 2.45) is 4.99 Å².